The Morgan fingerprint density at radius 1 is 0.946 bits per heavy atom. The summed E-state index contributed by atoms with van der Waals surface area (Å²) >= 11 is 0. The minimum Gasteiger partial charge on any atom is -0.505 e. The van der Waals surface area contributed by atoms with Crippen LogP contribution in [-0.4, -0.2) is 47.8 Å². The number of hydrogen-bond donors (Lipinski definition) is 2. The van der Waals surface area contributed by atoms with E-state index in [9.17, 15) is 15.0 Å². The minimum absolute atomic E-state index is 0.135. The average molecular weight is 534 g/mol. The standard InChI is InChI=1S/C28H35N3O4Si2/c1-19(18-37(5,6)35-36(2,3)4)14-23-15-22(20-10-8-7-9-11-20)17-26(27(23)32)31-29-24-13-12-21(28(33)34)16-25(24)30-31/h7-13,15-17,19,32H,14,18H2,1-6H3,(H,33,34). The fraction of sp³-hybridized carbons (Fsp3) is 0.321. The molecule has 4 rings (SSSR count). The van der Waals surface area contributed by atoms with Gasteiger partial charge in [-0.1, -0.05) is 37.3 Å². The van der Waals surface area contributed by atoms with E-state index < -0.39 is 22.6 Å². The number of carboxylic acid groups (broad SMARTS) is 1. The van der Waals surface area contributed by atoms with E-state index in [0.29, 0.717) is 29.1 Å². The first kappa shape index (κ1) is 26.8. The fourth-order valence-electron chi connectivity index (χ4n) is 5.10. The van der Waals surface area contributed by atoms with Crippen LogP contribution in [0.15, 0.2) is 60.7 Å². The Bertz CT molecular complexity index is 1430. The monoisotopic (exact) mass is 533 g/mol. The summed E-state index contributed by atoms with van der Waals surface area (Å²) in [6.45, 7) is 13.5. The Kier molecular flexibility index (Phi) is 7.41. The van der Waals surface area contributed by atoms with Gasteiger partial charge in [-0.2, -0.15) is 0 Å². The molecule has 1 heterocycles. The Morgan fingerprint density at radius 2 is 1.62 bits per heavy atom. The number of carbonyl (C=O) groups is 1. The lowest BCUT2D eigenvalue weighted by atomic mass is 9.96. The van der Waals surface area contributed by atoms with Gasteiger partial charge in [0.1, 0.15) is 22.5 Å². The van der Waals surface area contributed by atoms with E-state index in [1.807, 2.05) is 42.5 Å². The number of fused-ring (bicyclic) bond motifs is 1. The molecule has 1 atom stereocenters. The van der Waals surface area contributed by atoms with Gasteiger partial charge in [-0.05, 0) is 98.1 Å². The molecule has 9 heteroatoms. The largest absolute Gasteiger partial charge is 0.505 e. The van der Waals surface area contributed by atoms with Crippen LogP contribution in [0.4, 0.5) is 0 Å². The van der Waals surface area contributed by atoms with E-state index in [-0.39, 0.29) is 11.3 Å². The average Bonchev–Trinajstić information content (AvgIpc) is 3.22. The zero-order valence-electron chi connectivity index (χ0n) is 22.3. The molecule has 0 bridgehead atoms. The quantitative estimate of drug-likeness (QED) is 0.232. The van der Waals surface area contributed by atoms with Gasteiger partial charge < -0.3 is 14.3 Å². The highest BCUT2D eigenvalue weighted by atomic mass is 28.4. The Balaban J connectivity index is 1.75. The molecule has 3 aromatic carbocycles. The summed E-state index contributed by atoms with van der Waals surface area (Å²) in [5.74, 6) is -0.576. The smallest absolute Gasteiger partial charge is 0.335 e. The third-order valence-corrected chi connectivity index (χ3v) is 12.4. The molecule has 0 amide bonds. The molecule has 37 heavy (non-hydrogen) atoms. The van der Waals surface area contributed by atoms with Gasteiger partial charge in [0.05, 0.1) is 5.56 Å². The lowest BCUT2D eigenvalue weighted by Crippen LogP contribution is -2.43. The van der Waals surface area contributed by atoms with Crippen LogP contribution in [0, 0.1) is 5.92 Å². The summed E-state index contributed by atoms with van der Waals surface area (Å²) < 4.78 is 6.56. The molecular formula is C28H35N3O4Si2. The third kappa shape index (κ3) is 6.54. The molecule has 0 radical (unpaired) electrons. The van der Waals surface area contributed by atoms with Gasteiger partial charge in [0.15, 0.2) is 16.6 Å². The summed E-state index contributed by atoms with van der Waals surface area (Å²) in [5.41, 5.74) is 4.43. The van der Waals surface area contributed by atoms with Crippen molar-refractivity contribution in [2.75, 3.05) is 0 Å². The number of aromatic hydroxyl groups is 1. The molecule has 7 nitrogen and oxygen atoms in total. The van der Waals surface area contributed by atoms with Crippen molar-refractivity contribution in [1.29, 1.82) is 0 Å². The second-order valence-corrected chi connectivity index (χ2v) is 20.3. The van der Waals surface area contributed by atoms with Crippen LogP contribution in [0.5, 0.6) is 5.75 Å². The topological polar surface area (TPSA) is 97.5 Å². The predicted molar refractivity (Wildman–Crippen MR) is 153 cm³/mol. The number of aromatic carboxylic acids is 1. The summed E-state index contributed by atoms with van der Waals surface area (Å²) in [7, 11) is -3.50. The first-order valence-electron chi connectivity index (χ1n) is 12.5. The van der Waals surface area contributed by atoms with E-state index in [4.69, 9.17) is 4.12 Å². The molecule has 2 N–H and O–H groups in total. The molecule has 0 saturated heterocycles. The lowest BCUT2D eigenvalue weighted by molar-refractivity contribution is 0.0697. The van der Waals surface area contributed by atoms with Crippen LogP contribution in [0.25, 0.3) is 27.8 Å². The molecular weight excluding hydrogens is 498 g/mol. The van der Waals surface area contributed by atoms with Gasteiger partial charge in [0.2, 0.25) is 0 Å². The lowest BCUT2D eigenvalue weighted by Gasteiger charge is -2.33. The highest BCUT2D eigenvalue weighted by molar-refractivity contribution is 6.84. The normalized spacial score (nSPS) is 13.1. The number of hydrogen-bond acceptors (Lipinski definition) is 5. The number of phenols is 1. The summed E-state index contributed by atoms with van der Waals surface area (Å²) in [6.07, 6.45) is 0.689. The van der Waals surface area contributed by atoms with E-state index in [1.54, 1.807) is 6.07 Å². The summed E-state index contributed by atoms with van der Waals surface area (Å²) in [5, 5.41) is 29.8. The molecule has 4 aromatic rings. The van der Waals surface area contributed by atoms with Gasteiger partial charge in [0.25, 0.3) is 0 Å². The second kappa shape index (κ2) is 10.2. The summed E-state index contributed by atoms with van der Waals surface area (Å²) in [4.78, 5) is 12.8. The number of nitrogens with zero attached hydrogens (tertiary/aromatic N) is 3. The molecule has 1 unspecified atom stereocenters. The van der Waals surface area contributed by atoms with Crippen molar-refractivity contribution in [3.63, 3.8) is 0 Å². The zero-order chi connectivity index (χ0) is 27.0. The summed E-state index contributed by atoms with van der Waals surface area (Å²) in [6, 6.07) is 19.6. The molecule has 0 spiro atoms. The maximum absolute atomic E-state index is 11.4. The van der Waals surface area contributed by atoms with Gasteiger partial charge in [-0.3, -0.25) is 0 Å². The third-order valence-electron chi connectivity index (χ3n) is 6.11. The minimum atomic E-state index is -1.86. The van der Waals surface area contributed by atoms with Crippen molar-refractivity contribution >= 4 is 33.6 Å². The van der Waals surface area contributed by atoms with Gasteiger partial charge in [0, 0.05) is 0 Å². The Hall–Kier alpha value is -3.28. The molecule has 1 aromatic heterocycles. The number of carboxylic acids is 1. The van der Waals surface area contributed by atoms with Gasteiger partial charge in [-0.25, -0.2) is 4.79 Å². The molecule has 0 aliphatic heterocycles. The van der Waals surface area contributed by atoms with Crippen molar-refractivity contribution in [1.82, 2.24) is 15.0 Å². The van der Waals surface area contributed by atoms with Crippen LogP contribution < -0.4 is 0 Å². The van der Waals surface area contributed by atoms with Crippen LogP contribution in [0.2, 0.25) is 38.8 Å². The second-order valence-electron chi connectivity index (χ2n) is 11.4. The first-order valence-corrected chi connectivity index (χ1v) is 19.1. The van der Waals surface area contributed by atoms with Gasteiger partial charge >= 0.3 is 5.97 Å². The van der Waals surface area contributed by atoms with Crippen LogP contribution in [0.1, 0.15) is 22.8 Å². The highest BCUT2D eigenvalue weighted by Crippen LogP contribution is 2.35. The fourth-order valence-corrected chi connectivity index (χ4v) is 13.9. The maximum Gasteiger partial charge on any atom is 0.335 e. The molecule has 0 saturated carbocycles. The Morgan fingerprint density at radius 3 is 2.27 bits per heavy atom. The van der Waals surface area contributed by atoms with E-state index in [0.717, 1.165) is 22.7 Å². The van der Waals surface area contributed by atoms with Crippen molar-refractivity contribution in [2.45, 2.75) is 52.1 Å². The number of benzene rings is 3. The molecule has 0 aliphatic carbocycles. The first-order chi connectivity index (χ1) is 17.3. The number of phenolic OH excluding ortho intramolecular Hbond substituents is 1. The predicted octanol–water partition coefficient (Wildman–Crippen LogP) is 6.73. The van der Waals surface area contributed by atoms with E-state index in [2.05, 4.69) is 49.9 Å². The van der Waals surface area contributed by atoms with Crippen LogP contribution in [-0.2, 0) is 10.5 Å². The number of rotatable bonds is 9. The Labute approximate surface area is 220 Å². The highest BCUT2D eigenvalue weighted by Gasteiger charge is 2.31. The SMILES string of the molecule is CC(Cc1cc(-c2ccccc2)cc(-n2nc3ccc(C(=O)O)cc3n2)c1O)C[Si](C)(C)O[Si](C)(C)C. The molecule has 0 fully saturated rings. The van der Waals surface area contributed by atoms with Crippen LogP contribution >= 0.6 is 0 Å². The van der Waals surface area contributed by atoms with Crippen molar-refractivity contribution in [3.8, 4) is 22.6 Å². The van der Waals surface area contributed by atoms with Gasteiger partial charge in [-0.15, -0.1) is 15.0 Å². The number of aromatic nitrogens is 3. The molecule has 194 valence electrons. The van der Waals surface area contributed by atoms with Crippen LogP contribution in [0.3, 0.4) is 0 Å². The maximum atomic E-state index is 11.4. The van der Waals surface area contributed by atoms with Crippen molar-refractivity contribution < 1.29 is 19.1 Å². The van der Waals surface area contributed by atoms with Crippen molar-refractivity contribution in [2.24, 2.45) is 5.92 Å². The van der Waals surface area contributed by atoms with Crippen molar-refractivity contribution in [3.05, 3.63) is 71.8 Å². The van der Waals surface area contributed by atoms with E-state index in [1.165, 1.54) is 16.9 Å². The molecule has 0 aliphatic rings. The zero-order valence-corrected chi connectivity index (χ0v) is 24.3. The van der Waals surface area contributed by atoms with E-state index >= 15 is 0 Å².